The largest absolute Gasteiger partial charge is 0.351 e. The molecule has 0 unspecified atom stereocenters. The van der Waals surface area contributed by atoms with Crippen molar-refractivity contribution in [3.8, 4) is 0 Å². The Morgan fingerprint density at radius 1 is 1.21 bits per heavy atom. The van der Waals surface area contributed by atoms with Crippen LogP contribution in [-0.2, 0) is 0 Å². The minimum Gasteiger partial charge on any atom is -0.351 e. The number of hydrogen-bond acceptors (Lipinski definition) is 3. The van der Waals surface area contributed by atoms with Crippen LogP contribution in [0.2, 0.25) is 0 Å². The summed E-state index contributed by atoms with van der Waals surface area (Å²) in [6, 6.07) is 8.62. The highest BCUT2D eigenvalue weighted by Crippen LogP contribution is 2.30. The number of alkyl halides is 1. The van der Waals surface area contributed by atoms with Gasteiger partial charge in [-0.1, -0.05) is 12.1 Å². The molecule has 1 aromatic heterocycles. The van der Waals surface area contributed by atoms with E-state index in [0.29, 0.717) is 11.9 Å². The molecule has 1 heterocycles. The van der Waals surface area contributed by atoms with Crippen molar-refractivity contribution < 1.29 is 0 Å². The van der Waals surface area contributed by atoms with Crippen LogP contribution in [0.25, 0.3) is 11.0 Å². The van der Waals surface area contributed by atoms with Gasteiger partial charge in [-0.3, -0.25) is 0 Å². The van der Waals surface area contributed by atoms with Gasteiger partial charge in [-0.25, -0.2) is 9.97 Å². The lowest BCUT2D eigenvalue weighted by atomic mass is 9.91. The Bertz CT molecular complexity index is 581. The highest BCUT2D eigenvalue weighted by molar-refractivity contribution is 6.18. The quantitative estimate of drug-likeness (QED) is 0.799. The van der Waals surface area contributed by atoms with Crippen molar-refractivity contribution >= 4 is 28.5 Å². The summed E-state index contributed by atoms with van der Waals surface area (Å²) in [5, 5.41) is 0. The van der Waals surface area contributed by atoms with Crippen molar-refractivity contribution in [3.63, 3.8) is 0 Å². The molecule has 0 bridgehead atoms. The first-order chi connectivity index (χ1) is 9.29. The molecule has 1 fully saturated rings. The number of halogens is 1. The molecule has 19 heavy (non-hydrogen) atoms. The molecule has 3 nitrogen and oxygen atoms in total. The minimum atomic E-state index is 0.591. The van der Waals surface area contributed by atoms with Crippen molar-refractivity contribution in [3.05, 3.63) is 30.0 Å². The van der Waals surface area contributed by atoms with Crippen molar-refractivity contribution in [1.82, 2.24) is 9.97 Å². The lowest BCUT2D eigenvalue weighted by Crippen LogP contribution is -2.42. The first-order valence-corrected chi connectivity index (χ1v) is 7.39. The third-order valence-corrected chi connectivity index (χ3v) is 4.00. The van der Waals surface area contributed by atoms with Gasteiger partial charge in [0.1, 0.15) is 0 Å². The van der Waals surface area contributed by atoms with Gasteiger partial charge < -0.3 is 4.90 Å². The van der Waals surface area contributed by atoms with Gasteiger partial charge in [-0.2, -0.15) is 0 Å². The van der Waals surface area contributed by atoms with Crippen LogP contribution in [0.1, 0.15) is 25.0 Å². The minimum absolute atomic E-state index is 0.591. The number of nitrogens with zero attached hydrogens (tertiary/aromatic N) is 3. The lowest BCUT2D eigenvalue weighted by molar-refractivity contribution is 0.388. The Morgan fingerprint density at radius 3 is 2.47 bits per heavy atom. The second kappa shape index (κ2) is 5.33. The Morgan fingerprint density at radius 2 is 1.89 bits per heavy atom. The second-order valence-corrected chi connectivity index (χ2v) is 5.47. The molecule has 0 saturated heterocycles. The SMILES string of the molecule is Cc1nc2ccccc2nc1N(CCCl)C1CCC1. The number of anilines is 1. The predicted octanol–water partition coefficient (Wildman–Crippen LogP) is 3.54. The Balaban J connectivity index is 2.03. The molecule has 100 valence electrons. The highest BCUT2D eigenvalue weighted by atomic mass is 35.5. The molecule has 1 aliphatic carbocycles. The number of rotatable bonds is 4. The molecular weight excluding hydrogens is 258 g/mol. The van der Waals surface area contributed by atoms with E-state index in [9.17, 15) is 0 Å². The number of hydrogen-bond donors (Lipinski definition) is 0. The monoisotopic (exact) mass is 275 g/mol. The highest BCUT2D eigenvalue weighted by Gasteiger charge is 2.27. The summed E-state index contributed by atoms with van der Waals surface area (Å²) < 4.78 is 0. The average molecular weight is 276 g/mol. The fourth-order valence-corrected chi connectivity index (χ4v) is 2.78. The molecular formula is C15H18ClN3. The molecule has 0 atom stereocenters. The Hall–Kier alpha value is -1.35. The van der Waals surface area contributed by atoms with Gasteiger partial charge in [-0.15, -0.1) is 11.6 Å². The second-order valence-electron chi connectivity index (χ2n) is 5.09. The molecule has 1 aromatic carbocycles. The van der Waals surface area contributed by atoms with E-state index in [2.05, 4.69) is 9.88 Å². The fraction of sp³-hybridized carbons (Fsp3) is 0.467. The topological polar surface area (TPSA) is 29.0 Å². The zero-order valence-corrected chi connectivity index (χ0v) is 11.9. The van der Waals surface area contributed by atoms with E-state index in [-0.39, 0.29) is 0 Å². The molecule has 0 amide bonds. The van der Waals surface area contributed by atoms with E-state index in [1.54, 1.807) is 0 Å². The number of aromatic nitrogens is 2. The van der Waals surface area contributed by atoms with Gasteiger partial charge in [0.05, 0.1) is 16.7 Å². The third kappa shape index (κ3) is 2.39. The van der Waals surface area contributed by atoms with Crippen LogP contribution in [0, 0.1) is 6.92 Å². The smallest absolute Gasteiger partial charge is 0.151 e. The molecule has 0 N–H and O–H groups in total. The van der Waals surface area contributed by atoms with E-state index < -0.39 is 0 Å². The van der Waals surface area contributed by atoms with E-state index in [1.807, 2.05) is 31.2 Å². The maximum Gasteiger partial charge on any atom is 0.151 e. The maximum atomic E-state index is 5.95. The zero-order chi connectivity index (χ0) is 13.2. The number of fused-ring (bicyclic) bond motifs is 1. The molecule has 0 radical (unpaired) electrons. The van der Waals surface area contributed by atoms with E-state index in [1.165, 1.54) is 19.3 Å². The number of para-hydroxylation sites is 2. The van der Waals surface area contributed by atoms with E-state index in [4.69, 9.17) is 16.6 Å². The van der Waals surface area contributed by atoms with E-state index in [0.717, 1.165) is 29.1 Å². The first-order valence-electron chi connectivity index (χ1n) is 6.85. The summed E-state index contributed by atoms with van der Waals surface area (Å²) >= 11 is 5.95. The summed E-state index contributed by atoms with van der Waals surface area (Å²) in [6.07, 6.45) is 3.79. The molecule has 1 saturated carbocycles. The van der Waals surface area contributed by atoms with Crippen molar-refractivity contribution in [2.75, 3.05) is 17.3 Å². The Kier molecular flexibility index (Phi) is 3.56. The molecule has 4 heteroatoms. The average Bonchev–Trinajstić information content (AvgIpc) is 2.35. The first kappa shape index (κ1) is 12.7. The van der Waals surface area contributed by atoms with Crippen LogP contribution in [0.5, 0.6) is 0 Å². The zero-order valence-electron chi connectivity index (χ0n) is 11.1. The summed E-state index contributed by atoms with van der Waals surface area (Å²) in [4.78, 5) is 11.8. The number of benzene rings is 1. The van der Waals surface area contributed by atoms with Crippen LogP contribution in [0.3, 0.4) is 0 Å². The number of aryl methyl sites for hydroxylation is 1. The summed E-state index contributed by atoms with van der Waals surface area (Å²) in [6.45, 7) is 2.88. The van der Waals surface area contributed by atoms with Gasteiger partial charge in [-0.05, 0) is 38.3 Å². The van der Waals surface area contributed by atoms with Gasteiger partial charge >= 0.3 is 0 Å². The molecule has 1 aliphatic rings. The predicted molar refractivity (Wildman–Crippen MR) is 80.0 cm³/mol. The van der Waals surface area contributed by atoms with Crippen LogP contribution < -0.4 is 4.90 Å². The summed E-state index contributed by atoms with van der Waals surface area (Å²) in [5.74, 6) is 1.63. The third-order valence-electron chi connectivity index (χ3n) is 3.83. The maximum absolute atomic E-state index is 5.95. The molecule has 2 aromatic rings. The molecule has 0 aliphatic heterocycles. The van der Waals surface area contributed by atoms with Crippen LogP contribution in [-0.4, -0.2) is 28.4 Å². The van der Waals surface area contributed by atoms with Crippen LogP contribution in [0.15, 0.2) is 24.3 Å². The van der Waals surface area contributed by atoms with Gasteiger partial charge in [0.15, 0.2) is 5.82 Å². The fourth-order valence-electron chi connectivity index (χ4n) is 2.60. The van der Waals surface area contributed by atoms with Crippen molar-refractivity contribution in [2.45, 2.75) is 32.2 Å². The van der Waals surface area contributed by atoms with Crippen molar-refractivity contribution in [1.29, 1.82) is 0 Å². The van der Waals surface area contributed by atoms with Gasteiger partial charge in [0, 0.05) is 18.5 Å². The molecule has 3 rings (SSSR count). The Labute approximate surface area is 118 Å². The van der Waals surface area contributed by atoms with Crippen molar-refractivity contribution in [2.24, 2.45) is 0 Å². The van der Waals surface area contributed by atoms with Crippen LogP contribution in [0.4, 0.5) is 5.82 Å². The normalized spacial score (nSPS) is 15.5. The van der Waals surface area contributed by atoms with E-state index >= 15 is 0 Å². The van der Waals surface area contributed by atoms with Gasteiger partial charge in [0.25, 0.3) is 0 Å². The summed E-state index contributed by atoms with van der Waals surface area (Å²) in [7, 11) is 0. The molecule has 0 spiro atoms. The standard InChI is InChI=1S/C15H18ClN3/c1-11-15(19(10-9-16)12-5-4-6-12)18-14-8-3-2-7-13(14)17-11/h2-3,7-8,12H,4-6,9-10H2,1H3. The van der Waals surface area contributed by atoms with Crippen LogP contribution >= 0.6 is 11.6 Å². The summed E-state index contributed by atoms with van der Waals surface area (Å²) in [5.41, 5.74) is 2.92. The van der Waals surface area contributed by atoms with Gasteiger partial charge in [0.2, 0.25) is 0 Å². The lowest BCUT2D eigenvalue weighted by Gasteiger charge is -2.38.